The topological polar surface area (TPSA) is 80.3 Å². The van der Waals surface area contributed by atoms with E-state index in [1.54, 1.807) is 36.3 Å². The Morgan fingerprint density at radius 1 is 1.33 bits per heavy atom. The van der Waals surface area contributed by atoms with Gasteiger partial charge in [-0.25, -0.2) is 0 Å². The number of nitrogens with zero attached hydrogens (tertiary/aromatic N) is 2. The molecule has 6 nitrogen and oxygen atoms in total. The van der Waals surface area contributed by atoms with Crippen LogP contribution in [0.4, 0.5) is 5.69 Å². The Hall–Kier alpha value is -2.08. The van der Waals surface area contributed by atoms with Gasteiger partial charge in [-0.1, -0.05) is 32.1 Å². The van der Waals surface area contributed by atoms with Gasteiger partial charge in [0.05, 0.1) is 12.0 Å². The minimum atomic E-state index is -0.979. The molecule has 1 fully saturated rings. The lowest BCUT2D eigenvalue weighted by atomic mass is 9.87. The van der Waals surface area contributed by atoms with Crippen LogP contribution in [0.2, 0.25) is 0 Å². The van der Waals surface area contributed by atoms with E-state index in [-0.39, 0.29) is 11.8 Å². The fourth-order valence-corrected chi connectivity index (χ4v) is 3.40. The van der Waals surface area contributed by atoms with Crippen LogP contribution in [0.5, 0.6) is 0 Å². The lowest BCUT2D eigenvalue weighted by molar-refractivity contribution is -0.127. The van der Waals surface area contributed by atoms with Crippen LogP contribution >= 0.6 is 0 Å². The molecule has 1 aliphatic carbocycles. The average Bonchev–Trinajstić information content (AvgIpc) is 3.15. The maximum absolute atomic E-state index is 12.5. The quantitative estimate of drug-likeness (QED) is 0.900. The van der Waals surface area contributed by atoms with Crippen molar-refractivity contribution in [1.82, 2.24) is 9.78 Å². The lowest BCUT2D eigenvalue weighted by Crippen LogP contribution is -2.35. The van der Waals surface area contributed by atoms with E-state index in [1.165, 1.54) is 19.3 Å². The molecule has 1 saturated carbocycles. The summed E-state index contributed by atoms with van der Waals surface area (Å²) < 4.78 is 6.99. The van der Waals surface area contributed by atoms with Gasteiger partial charge in [-0.3, -0.25) is 9.48 Å². The van der Waals surface area contributed by atoms with Crippen LogP contribution in [0.1, 0.15) is 44.9 Å². The van der Waals surface area contributed by atoms with E-state index in [1.807, 2.05) is 0 Å². The molecule has 2 heterocycles. The van der Waals surface area contributed by atoms with E-state index < -0.39 is 6.10 Å². The highest BCUT2D eigenvalue weighted by molar-refractivity contribution is 5.96. The van der Waals surface area contributed by atoms with E-state index >= 15 is 0 Å². The fraction of sp³-hybridized carbons (Fsp3) is 0.556. The number of anilines is 1. The van der Waals surface area contributed by atoms with Crippen LogP contribution in [-0.4, -0.2) is 26.9 Å². The third-order valence-electron chi connectivity index (χ3n) is 4.71. The van der Waals surface area contributed by atoms with Gasteiger partial charge < -0.3 is 14.8 Å². The molecule has 3 rings (SSSR count). The molecule has 6 heteroatoms. The minimum absolute atomic E-state index is 0.0361. The third kappa shape index (κ3) is 3.87. The fourth-order valence-electron chi connectivity index (χ4n) is 3.40. The van der Waals surface area contributed by atoms with Crippen LogP contribution in [0.3, 0.4) is 0 Å². The molecular formula is C18H25N3O3. The van der Waals surface area contributed by atoms with Crippen LogP contribution < -0.4 is 5.32 Å². The molecule has 2 aromatic rings. The maximum atomic E-state index is 12.5. The summed E-state index contributed by atoms with van der Waals surface area (Å²) in [6.45, 7) is 0. The van der Waals surface area contributed by atoms with Gasteiger partial charge in [0.15, 0.2) is 11.5 Å². The van der Waals surface area contributed by atoms with E-state index in [9.17, 15) is 9.90 Å². The zero-order valence-electron chi connectivity index (χ0n) is 14.1. The number of carbonyl (C=O) groups excluding carboxylic acids is 1. The van der Waals surface area contributed by atoms with Crippen molar-refractivity contribution in [3.8, 4) is 11.5 Å². The van der Waals surface area contributed by atoms with Gasteiger partial charge >= 0.3 is 0 Å². The molecule has 24 heavy (non-hydrogen) atoms. The molecule has 130 valence electrons. The van der Waals surface area contributed by atoms with Gasteiger partial charge in [0.25, 0.3) is 5.91 Å². The number of aliphatic hydroxyl groups excluding tert-OH is 1. The van der Waals surface area contributed by atoms with Crippen molar-refractivity contribution in [2.75, 3.05) is 5.32 Å². The lowest BCUT2D eigenvalue weighted by Gasteiger charge is -2.24. The molecular weight excluding hydrogens is 306 g/mol. The van der Waals surface area contributed by atoms with Crippen molar-refractivity contribution >= 4 is 11.6 Å². The number of hydrogen-bond acceptors (Lipinski definition) is 4. The molecule has 1 amide bonds. The molecule has 2 aromatic heterocycles. The second kappa shape index (κ2) is 7.66. The number of rotatable bonds is 4. The number of aromatic nitrogens is 2. The number of carbonyl (C=O) groups is 1. The van der Waals surface area contributed by atoms with Gasteiger partial charge in [-0.05, 0) is 30.9 Å². The van der Waals surface area contributed by atoms with Gasteiger partial charge in [0, 0.05) is 13.2 Å². The SMILES string of the molecule is Cn1cc(NC(=O)C(O)C2CCCCCCC2)c(-c2ccco2)n1. The Morgan fingerprint density at radius 3 is 2.71 bits per heavy atom. The van der Waals surface area contributed by atoms with Gasteiger partial charge in [0.2, 0.25) is 0 Å². The first-order chi connectivity index (χ1) is 11.6. The normalized spacial score (nSPS) is 17.9. The summed E-state index contributed by atoms with van der Waals surface area (Å²) in [5.41, 5.74) is 1.13. The number of hydrogen-bond donors (Lipinski definition) is 2. The first kappa shape index (κ1) is 16.8. The van der Waals surface area contributed by atoms with Gasteiger partial charge in [0.1, 0.15) is 6.10 Å². The standard InChI is InChI=1S/C18H25N3O3/c1-21-12-14(16(20-21)15-10-7-11-24-15)19-18(23)17(22)13-8-5-3-2-4-6-9-13/h7,10-13,17,22H,2-6,8-9H2,1H3,(H,19,23). The summed E-state index contributed by atoms with van der Waals surface area (Å²) in [6, 6.07) is 3.57. The average molecular weight is 331 g/mol. The first-order valence-corrected chi connectivity index (χ1v) is 8.71. The Morgan fingerprint density at radius 2 is 2.04 bits per heavy atom. The molecule has 2 N–H and O–H groups in total. The minimum Gasteiger partial charge on any atom is -0.463 e. The predicted octanol–water partition coefficient (Wildman–Crippen LogP) is 3.34. The molecule has 0 aromatic carbocycles. The molecule has 1 aliphatic rings. The molecule has 0 radical (unpaired) electrons. The first-order valence-electron chi connectivity index (χ1n) is 8.71. The van der Waals surface area contributed by atoms with Crippen LogP contribution in [0.15, 0.2) is 29.0 Å². The summed E-state index contributed by atoms with van der Waals surface area (Å²) >= 11 is 0. The maximum Gasteiger partial charge on any atom is 0.253 e. The van der Waals surface area contributed by atoms with Crippen LogP contribution in [-0.2, 0) is 11.8 Å². The monoisotopic (exact) mass is 331 g/mol. The van der Waals surface area contributed by atoms with E-state index in [4.69, 9.17) is 4.42 Å². The summed E-state index contributed by atoms with van der Waals surface area (Å²) in [5, 5.41) is 17.6. The third-order valence-corrected chi connectivity index (χ3v) is 4.71. The summed E-state index contributed by atoms with van der Waals surface area (Å²) in [4.78, 5) is 12.5. The van der Waals surface area contributed by atoms with Gasteiger partial charge in [-0.15, -0.1) is 0 Å². The molecule has 0 bridgehead atoms. The van der Waals surface area contributed by atoms with Crippen molar-refractivity contribution in [1.29, 1.82) is 0 Å². The molecule has 0 spiro atoms. The molecule has 0 saturated heterocycles. The second-order valence-corrected chi connectivity index (χ2v) is 6.58. The molecule has 0 aliphatic heterocycles. The van der Waals surface area contributed by atoms with E-state index in [2.05, 4.69) is 10.4 Å². The zero-order chi connectivity index (χ0) is 16.9. The van der Waals surface area contributed by atoms with Gasteiger partial charge in [-0.2, -0.15) is 5.10 Å². The largest absolute Gasteiger partial charge is 0.463 e. The van der Waals surface area contributed by atoms with E-state index in [0.29, 0.717) is 17.1 Å². The zero-order valence-corrected chi connectivity index (χ0v) is 14.1. The summed E-state index contributed by atoms with van der Waals surface area (Å²) in [5.74, 6) is 0.266. The number of aryl methyl sites for hydroxylation is 1. The predicted molar refractivity (Wildman–Crippen MR) is 91.4 cm³/mol. The highest BCUT2D eigenvalue weighted by atomic mass is 16.3. The number of furan rings is 1. The van der Waals surface area contributed by atoms with Crippen molar-refractivity contribution in [3.63, 3.8) is 0 Å². The number of aliphatic hydroxyl groups is 1. The Labute approximate surface area is 141 Å². The Bertz CT molecular complexity index is 655. The van der Waals surface area contributed by atoms with Crippen LogP contribution in [0.25, 0.3) is 11.5 Å². The molecule has 1 atom stereocenters. The Kier molecular flexibility index (Phi) is 5.35. The Balaban J connectivity index is 1.70. The van der Waals surface area contributed by atoms with Crippen molar-refractivity contribution in [2.45, 2.75) is 51.0 Å². The highest BCUT2D eigenvalue weighted by Crippen LogP contribution is 2.29. The van der Waals surface area contributed by atoms with Crippen molar-refractivity contribution in [2.24, 2.45) is 13.0 Å². The highest BCUT2D eigenvalue weighted by Gasteiger charge is 2.27. The molecule has 1 unspecified atom stereocenters. The van der Waals surface area contributed by atoms with Crippen molar-refractivity contribution in [3.05, 3.63) is 24.6 Å². The van der Waals surface area contributed by atoms with E-state index in [0.717, 1.165) is 25.7 Å². The second-order valence-electron chi connectivity index (χ2n) is 6.58. The number of amides is 1. The summed E-state index contributed by atoms with van der Waals surface area (Å²) in [7, 11) is 1.79. The summed E-state index contributed by atoms with van der Waals surface area (Å²) in [6.07, 6.45) is 9.94. The van der Waals surface area contributed by atoms with Crippen molar-refractivity contribution < 1.29 is 14.3 Å². The van der Waals surface area contributed by atoms with Crippen LogP contribution in [0, 0.1) is 5.92 Å². The smallest absolute Gasteiger partial charge is 0.253 e. The number of nitrogens with one attached hydrogen (secondary N) is 1.